The first-order valence-electron chi connectivity index (χ1n) is 8.55. The second-order valence-corrected chi connectivity index (χ2v) is 7.59. The Balaban J connectivity index is 1.58. The van der Waals surface area contributed by atoms with Gasteiger partial charge in [0.15, 0.2) is 0 Å². The lowest BCUT2D eigenvalue weighted by Gasteiger charge is -2.48. The largest absolute Gasteiger partial charge is 0.481 e. The molecular formula is C17H21NO4. The Morgan fingerprint density at radius 1 is 1.27 bits per heavy atom. The van der Waals surface area contributed by atoms with Gasteiger partial charge in [-0.15, -0.1) is 0 Å². The molecule has 4 heterocycles. The Kier molecular flexibility index (Phi) is 2.46. The fourth-order valence-electron chi connectivity index (χ4n) is 5.98. The highest BCUT2D eigenvalue weighted by Gasteiger charge is 2.72. The number of carboxylic acid groups (broad SMARTS) is 1. The van der Waals surface area contributed by atoms with Crippen molar-refractivity contribution in [2.75, 3.05) is 0 Å². The number of carbonyl (C=O) groups excluding carboxylic acids is 1. The number of hydrogen-bond acceptors (Lipinski definition) is 3. The standard InChI is InChI=1S/C17H21NO4/c19-15-14-13(16(20)21)11-7-8-17(14,22-11)12-6-5-9-3-1-2-4-10(9)18(12)15/h7-14H,1-6H2,(H,20,21)/t9-,10-,11-,12-,13-,14+,17-/m1/s1. The van der Waals surface area contributed by atoms with Crippen molar-refractivity contribution in [3.63, 3.8) is 0 Å². The number of fused-ring (bicyclic) bond motifs is 4. The van der Waals surface area contributed by atoms with Crippen molar-refractivity contribution in [3.05, 3.63) is 12.2 Å². The van der Waals surface area contributed by atoms with Crippen molar-refractivity contribution in [2.45, 2.75) is 62.3 Å². The van der Waals surface area contributed by atoms with Gasteiger partial charge in [0.2, 0.25) is 5.91 Å². The summed E-state index contributed by atoms with van der Waals surface area (Å²) in [6.45, 7) is 0. The Hall–Kier alpha value is -1.36. The van der Waals surface area contributed by atoms with E-state index in [1.54, 1.807) is 0 Å². The summed E-state index contributed by atoms with van der Waals surface area (Å²) < 4.78 is 6.12. The number of amides is 1. The normalized spacial score (nSPS) is 51.6. The molecule has 0 radical (unpaired) electrons. The zero-order chi connectivity index (χ0) is 15.1. The van der Waals surface area contributed by atoms with Gasteiger partial charge in [0.05, 0.1) is 18.1 Å². The minimum atomic E-state index is -0.894. The molecule has 0 aromatic heterocycles. The molecule has 0 unspecified atom stereocenters. The summed E-state index contributed by atoms with van der Waals surface area (Å²) in [5, 5.41) is 9.58. The molecule has 3 saturated heterocycles. The number of nitrogens with zero attached hydrogens (tertiary/aromatic N) is 1. The number of aliphatic carboxylic acids is 1. The molecular weight excluding hydrogens is 282 g/mol. The summed E-state index contributed by atoms with van der Waals surface area (Å²) in [7, 11) is 0. The molecule has 5 heteroatoms. The highest BCUT2D eigenvalue weighted by Crippen LogP contribution is 2.58. The summed E-state index contributed by atoms with van der Waals surface area (Å²) in [6, 6.07) is 0.361. The summed E-state index contributed by atoms with van der Waals surface area (Å²) >= 11 is 0. The van der Waals surface area contributed by atoms with Gasteiger partial charge in [0.1, 0.15) is 11.5 Å². The van der Waals surface area contributed by atoms with Gasteiger partial charge >= 0.3 is 5.97 Å². The SMILES string of the molecule is O=C(O)[C@H]1[C@H]2C(=O)N3[C@@H]4CCCC[C@@H]4CC[C@@H]3[C@]23C=C[C@H]1O3. The van der Waals surface area contributed by atoms with Crippen LogP contribution in [0.25, 0.3) is 0 Å². The van der Waals surface area contributed by atoms with E-state index in [2.05, 4.69) is 4.90 Å². The van der Waals surface area contributed by atoms with Crippen LogP contribution in [0.5, 0.6) is 0 Å². The third kappa shape index (κ3) is 1.35. The molecule has 0 aromatic rings. The molecule has 1 aliphatic carbocycles. The number of carboxylic acids is 1. The van der Waals surface area contributed by atoms with Gasteiger partial charge in [-0.25, -0.2) is 0 Å². The lowest BCUT2D eigenvalue weighted by molar-refractivity contribution is -0.150. The molecule has 22 heavy (non-hydrogen) atoms. The summed E-state index contributed by atoms with van der Waals surface area (Å²) in [5.41, 5.74) is -0.660. The zero-order valence-electron chi connectivity index (χ0n) is 12.5. The van der Waals surface area contributed by atoms with Gasteiger partial charge in [-0.3, -0.25) is 9.59 Å². The van der Waals surface area contributed by atoms with Crippen LogP contribution in [0.15, 0.2) is 12.2 Å². The lowest BCUT2D eigenvalue weighted by atomic mass is 9.71. The fourth-order valence-corrected chi connectivity index (χ4v) is 5.98. The summed E-state index contributed by atoms with van der Waals surface area (Å²) in [5.74, 6) is -1.46. The van der Waals surface area contributed by atoms with Crippen molar-refractivity contribution in [3.8, 4) is 0 Å². The quantitative estimate of drug-likeness (QED) is 0.747. The Morgan fingerprint density at radius 2 is 2.09 bits per heavy atom. The van der Waals surface area contributed by atoms with Gasteiger partial charge in [-0.1, -0.05) is 25.0 Å². The molecule has 7 atom stereocenters. The van der Waals surface area contributed by atoms with Gasteiger partial charge in [0.25, 0.3) is 0 Å². The van der Waals surface area contributed by atoms with Crippen LogP contribution in [-0.2, 0) is 14.3 Å². The van der Waals surface area contributed by atoms with E-state index in [9.17, 15) is 14.7 Å². The van der Waals surface area contributed by atoms with E-state index in [1.165, 1.54) is 19.3 Å². The zero-order valence-corrected chi connectivity index (χ0v) is 12.5. The predicted molar refractivity (Wildman–Crippen MR) is 77.0 cm³/mol. The van der Waals surface area contributed by atoms with Crippen molar-refractivity contribution in [1.29, 1.82) is 0 Å². The number of carbonyl (C=O) groups is 2. The highest BCUT2D eigenvalue weighted by molar-refractivity contribution is 5.91. The van der Waals surface area contributed by atoms with Crippen molar-refractivity contribution < 1.29 is 19.4 Å². The first kappa shape index (κ1) is 13.1. The van der Waals surface area contributed by atoms with Gasteiger partial charge < -0.3 is 14.7 Å². The average molecular weight is 303 g/mol. The van der Waals surface area contributed by atoms with Crippen molar-refractivity contribution in [2.24, 2.45) is 17.8 Å². The first-order valence-corrected chi connectivity index (χ1v) is 8.55. The molecule has 4 aliphatic heterocycles. The third-order valence-electron chi connectivity index (χ3n) is 6.79. The molecule has 118 valence electrons. The first-order chi connectivity index (χ1) is 10.6. The monoisotopic (exact) mass is 303 g/mol. The smallest absolute Gasteiger partial charge is 0.310 e. The number of rotatable bonds is 1. The molecule has 4 fully saturated rings. The molecule has 5 rings (SSSR count). The van der Waals surface area contributed by atoms with Gasteiger partial charge in [-0.05, 0) is 31.6 Å². The molecule has 0 aromatic carbocycles. The maximum atomic E-state index is 13.1. The van der Waals surface area contributed by atoms with Crippen LogP contribution in [0.2, 0.25) is 0 Å². The molecule has 1 N–H and O–H groups in total. The van der Waals surface area contributed by atoms with Gasteiger partial charge in [-0.2, -0.15) is 0 Å². The second kappa shape index (κ2) is 4.13. The Bertz CT molecular complexity index is 587. The van der Waals surface area contributed by atoms with Crippen molar-refractivity contribution in [1.82, 2.24) is 4.90 Å². The molecule has 1 spiro atoms. The highest BCUT2D eigenvalue weighted by atomic mass is 16.5. The van der Waals surface area contributed by atoms with Crippen LogP contribution in [-0.4, -0.2) is 45.7 Å². The fraction of sp³-hybridized carbons (Fsp3) is 0.765. The third-order valence-corrected chi connectivity index (χ3v) is 6.79. The topological polar surface area (TPSA) is 66.8 Å². The number of ether oxygens (including phenoxy) is 1. The van der Waals surface area contributed by atoms with E-state index in [4.69, 9.17) is 4.74 Å². The Morgan fingerprint density at radius 3 is 2.91 bits per heavy atom. The minimum absolute atomic E-state index is 0.0425. The summed E-state index contributed by atoms with van der Waals surface area (Å²) in [6.07, 6.45) is 10.3. The lowest BCUT2D eigenvalue weighted by Crippen LogP contribution is -2.55. The van der Waals surface area contributed by atoms with E-state index in [1.807, 2.05) is 12.2 Å². The maximum Gasteiger partial charge on any atom is 0.310 e. The van der Waals surface area contributed by atoms with Crippen LogP contribution < -0.4 is 0 Å². The molecule has 1 saturated carbocycles. The van der Waals surface area contributed by atoms with E-state index in [0.717, 1.165) is 19.3 Å². The number of piperidine rings is 1. The van der Waals surface area contributed by atoms with Crippen LogP contribution in [0.1, 0.15) is 38.5 Å². The maximum absolute atomic E-state index is 13.1. The average Bonchev–Trinajstić information content (AvgIpc) is 3.16. The van der Waals surface area contributed by atoms with Crippen LogP contribution in [0, 0.1) is 17.8 Å². The van der Waals surface area contributed by atoms with Crippen LogP contribution >= 0.6 is 0 Å². The van der Waals surface area contributed by atoms with Crippen molar-refractivity contribution >= 4 is 11.9 Å². The van der Waals surface area contributed by atoms with Gasteiger partial charge in [0, 0.05) is 6.04 Å². The molecule has 1 amide bonds. The van der Waals surface area contributed by atoms with E-state index in [-0.39, 0.29) is 11.9 Å². The second-order valence-electron chi connectivity index (χ2n) is 7.59. The number of hydrogen-bond donors (Lipinski definition) is 1. The van der Waals surface area contributed by atoms with E-state index >= 15 is 0 Å². The predicted octanol–water partition coefficient (Wildman–Crippen LogP) is 1.57. The molecule has 5 aliphatic rings. The molecule has 2 bridgehead atoms. The summed E-state index contributed by atoms with van der Waals surface area (Å²) in [4.78, 5) is 26.9. The van der Waals surface area contributed by atoms with E-state index in [0.29, 0.717) is 12.0 Å². The van der Waals surface area contributed by atoms with E-state index < -0.39 is 29.5 Å². The van der Waals surface area contributed by atoms with Crippen LogP contribution in [0.4, 0.5) is 0 Å². The van der Waals surface area contributed by atoms with Crippen LogP contribution in [0.3, 0.4) is 0 Å². The molecule has 5 nitrogen and oxygen atoms in total. The minimum Gasteiger partial charge on any atom is -0.481 e. The Labute approximate surface area is 129 Å².